The zero-order valence-electron chi connectivity index (χ0n) is 27.8. The zero-order valence-corrected chi connectivity index (χ0v) is 27.8. The molecule has 1 saturated heterocycles. The number of carbonyl (C=O) groups excluding carboxylic acids is 1. The molecule has 0 aromatic carbocycles. The summed E-state index contributed by atoms with van der Waals surface area (Å²) in [7, 11) is 0. The van der Waals surface area contributed by atoms with Gasteiger partial charge in [0.15, 0.2) is 0 Å². The van der Waals surface area contributed by atoms with Crippen LogP contribution >= 0.6 is 0 Å². The largest absolute Gasteiger partial charge is 0.459 e. The molecule has 3 nitrogen and oxygen atoms in total. The molecule has 0 amide bonds. The van der Waals surface area contributed by atoms with Crippen molar-refractivity contribution in [1.29, 1.82) is 0 Å². The van der Waals surface area contributed by atoms with Crippen LogP contribution in [-0.2, 0) is 9.53 Å². The fourth-order valence-electron chi connectivity index (χ4n) is 6.53. The Morgan fingerprint density at radius 3 is 1.18 bits per heavy atom. The highest BCUT2D eigenvalue weighted by Crippen LogP contribution is 2.29. The van der Waals surface area contributed by atoms with E-state index in [0.29, 0.717) is 12.3 Å². The second kappa shape index (κ2) is 27.3. The molecule has 0 radical (unpaired) electrons. The van der Waals surface area contributed by atoms with E-state index < -0.39 is 0 Å². The number of hydrogen-bond donors (Lipinski definition) is 1. The average Bonchev–Trinajstić information content (AvgIpc) is 2.95. The Morgan fingerprint density at radius 1 is 0.550 bits per heavy atom. The van der Waals surface area contributed by atoms with Crippen LogP contribution in [0.2, 0.25) is 0 Å². The van der Waals surface area contributed by atoms with Gasteiger partial charge in [0.05, 0.1) is 0 Å². The van der Waals surface area contributed by atoms with Gasteiger partial charge in [-0.15, -0.1) is 0 Å². The van der Waals surface area contributed by atoms with Crippen molar-refractivity contribution in [1.82, 2.24) is 5.32 Å². The molecule has 1 N–H and O–H groups in total. The highest BCUT2D eigenvalue weighted by atomic mass is 16.6. The van der Waals surface area contributed by atoms with Crippen molar-refractivity contribution in [2.45, 2.75) is 213 Å². The first kappa shape index (κ1) is 37.5. The quantitative estimate of drug-likeness (QED) is 0.0726. The minimum Gasteiger partial charge on any atom is -0.459 e. The molecule has 0 atom stereocenters. The second-order valence-electron chi connectivity index (χ2n) is 13.7. The maximum absolute atomic E-state index is 12.3. The molecule has 0 aromatic heterocycles. The topological polar surface area (TPSA) is 38.3 Å². The molecule has 0 aromatic rings. The summed E-state index contributed by atoms with van der Waals surface area (Å²) in [5, 5.41) is 3.40. The average molecular weight is 564 g/mol. The van der Waals surface area contributed by atoms with Gasteiger partial charge in [-0.1, -0.05) is 167 Å². The van der Waals surface area contributed by atoms with Gasteiger partial charge in [0.1, 0.15) is 5.60 Å². The van der Waals surface area contributed by atoms with Gasteiger partial charge in [-0.3, -0.25) is 4.79 Å². The smallest absolute Gasteiger partial charge is 0.306 e. The second-order valence-corrected chi connectivity index (χ2v) is 13.7. The molecular weight excluding hydrogens is 490 g/mol. The third-order valence-electron chi connectivity index (χ3n) is 9.43. The van der Waals surface area contributed by atoms with Crippen molar-refractivity contribution >= 4 is 5.97 Å². The Kier molecular flexibility index (Phi) is 25.5. The SMILES string of the molecule is CCCCCCCCCCCCCCCCCCCCCCCCCCCCC(=O)OC(C)(C)C1CCNCC1. The van der Waals surface area contributed by atoms with Gasteiger partial charge < -0.3 is 10.1 Å². The first-order valence-electron chi connectivity index (χ1n) is 18.5. The van der Waals surface area contributed by atoms with Crippen molar-refractivity contribution < 1.29 is 9.53 Å². The lowest BCUT2D eigenvalue weighted by Crippen LogP contribution is -2.42. The number of piperidine rings is 1. The summed E-state index contributed by atoms with van der Waals surface area (Å²) in [5.41, 5.74) is -0.314. The van der Waals surface area contributed by atoms with Crippen LogP contribution in [0.5, 0.6) is 0 Å². The Bertz CT molecular complexity index is 540. The Hall–Kier alpha value is -0.570. The first-order valence-corrected chi connectivity index (χ1v) is 18.5. The Balaban J connectivity index is 1.72. The lowest BCUT2D eigenvalue weighted by molar-refractivity contribution is -0.162. The summed E-state index contributed by atoms with van der Waals surface area (Å²) in [6.45, 7) is 8.59. The molecule has 1 fully saturated rings. The molecule has 238 valence electrons. The molecule has 1 rings (SSSR count). The number of rotatable bonds is 29. The van der Waals surface area contributed by atoms with Crippen LogP contribution < -0.4 is 5.32 Å². The number of unbranched alkanes of at least 4 members (excludes halogenated alkanes) is 25. The minimum absolute atomic E-state index is 0.00729. The number of hydrogen-bond acceptors (Lipinski definition) is 3. The van der Waals surface area contributed by atoms with Crippen LogP contribution in [0, 0.1) is 5.92 Å². The number of nitrogens with one attached hydrogen (secondary N) is 1. The van der Waals surface area contributed by atoms with Crippen LogP contribution in [0.3, 0.4) is 0 Å². The van der Waals surface area contributed by atoms with Crippen LogP contribution in [0.1, 0.15) is 207 Å². The summed E-state index contributed by atoms with van der Waals surface area (Å²) < 4.78 is 5.87. The van der Waals surface area contributed by atoms with Gasteiger partial charge in [-0.25, -0.2) is 0 Å². The van der Waals surface area contributed by atoms with Crippen molar-refractivity contribution in [3.05, 3.63) is 0 Å². The summed E-state index contributed by atoms with van der Waals surface area (Å²) >= 11 is 0. The standard InChI is InChI=1S/C37H73NO2/c1-4-5-6-7-8-9-10-11-12-13-14-15-16-17-18-19-20-21-22-23-24-25-26-27-28-29-30-36(39)40-37(2,3)35-31-33-38-34-32-35/h35,38H,4-34H2,1-3H3. The van der Waals surface area contributed by atoms with E-state index >= 15 is 0 Å². The first-order chi connectivity index (χ1) is 19.6. The maximum Gasteiger partial charge on any atom is 0.306 e. The molecule has 0 saturated carbocycles. The van der Waals surface area contributed by atoms with Crippen LogP contribution in [-0.4, -0.2) is 24.7 Å². The lowest BCUT2D eigenvalue weighted by atomic mass is 9.83. The molecule has 1 aliphatic heterocycles. The van der Waals surface area contributed by atoms with Crippen LogP contribution in [0.25, 0.3) is 0 Å². The normalized spacial score (nSPS) is 14.6. The fourth-order valence-corrected chi connectivity index (χ4v) is 6.53. The number of esters is 1. The molecule has 3 heteroatoms. The van der Waals surface area contributed by atoms with E-state index in [1.165, 1.54) is 161 Å². The van der Waals surface area contributed by atoms with Crippen LogP contribution in [0.4, 0.5) is 0 Å². The summed E-state index contributed by atoms with van der Waals surface area (Å²) in [5.74, 6) is 0.500. The van der Waals surface area contributed by atoms with E-state index in [-0.39, 0.29) is 11.6 Å². The monoisotopic (exact) mass is 564 g/mol. The summed E-state index contributed by atoms with van der Waals surface area (Å²) in [6, 6.07) is 0. The molecule has 1 heterocycles. The Labute approximate surface area is 252 Å². The van der Waals surface area contributed by atoms with Gasteiger partial charge in [0, 0.05) is 12.3 Å². The minimum atomic E-state index is -0.314. The molecular formula is C37H73NO2. The van der Waals surface area contributed by atoms with Crippen molar-refractivity contribution in [2.24, 2.45) is 5.92 Å². The van der Waals surface area contributed by atoms with E-state index in [1.54, 1.807) is 0 Å². The third-order valence-corrected chi connectivity index (χ3v) is 9.43. The Morgan fingerprint density at radius 2 is 0.850 bits per heavy atom. The molecule has 0 aliphatic carbocycles. The summed E-state index contributed by atoms with van der Waals surface area (Å²) in [6.07, 6.45) is 39.4. The molecule has 0 unspecified atom stereocenters. The van der Waals surface area contributed by atoms with E-state index in [0.717, 1.165) is 32.4 Å². The van der Waals surface area contributed by atoms with Crippen molar-refractivity contribution in [3.8, 4) is 0 Å². The van der Waals surface area contributed by atoms with E-state index in [2.05, 4.69) is 26.1 Å². The molecule has 0 spiro atoms. The highest BCUT2D eigenvalue weighted by Gasteiger charge is 2.33. The van der Waals surface area contributed by atoms with E-state index in [4.69, 9.17) is 4.74 Å². The van der Waals surface area contributed by atoms with Crippen LogP contribution in [0.15, 0.2) is 0 Å². The maximum atomic E-state index is 12.3. The molecule has 1 aliphatic rings. The fraction of sp³-hybridized carbons (Fsp3) is 0.973. The zero-order chi connectivity index (χ0) is 29.0. The summed E-state index contributed by atoms with van der Waals surface area (Å²) in [4.78, 5) is 12.3. The predicted molar refractivity (Wildman–Crippen MR) is 176 cm³/mol. The molecule has 40 heavy (non-hydrogen) atoms. The van der Waals surface area contributed by atoms with Gasteiger partial charge in [0.2, 0.25) is 0 Å². The highest BCUT2D eigenvalue weighted by molar-refractivity contribution is 5.69. The van der Waals surface area contributed by atoms with Gasteiger partial charge in [-0.05, 0) is 46.2 Å². The van der Waals surface area contributed by atoms with Gasteiger partial charge in [0.25, 0.3) is 0 Å². The third kappa shape index (κ3) is 23.0. The van der Waals surface area contributed by atoms with Gasteiger partial charge in [-0.2, -0.15) is 0 Å². The lowest BCUT2D eigenvalue weighted by Gasteiger charge is -2.36. The molecule has 0 bridgehead atoms. The van der Waals surface area contributed by atoms with E-state index in [9.17, 15) is 4.79 Å². The number of ether oxygens (including phenoxy) is 1. The predicted octanol–water partition coefficient (Wildman–Crippen LogP) is 11.9. The number of carbonyl (C=O) groups is 1. The van der Waals surface area contributed by atoms with Gasteiger partial charge >= 0.3 is 5.97 Å². The van der Waals surface area contributed by atoms with Crippen molar-refractivity contribution in [2.75, 3.05) is 13.1 Å². The van der Waals surface area contributed by atoms with Crippen molar-refractivity contribution in [3.63, 3.8) is 0 Å². The van der Waals surface area contributed by atoms with E-state index in [1.807, 2.05) is 0 Å².